The van der Waals surface area contributed by atoms with E-state index in [0.717, 1.165) is 12.8 Å². The molecule has 0 amide bonds. The van der Waals surface area contributed by atoms with Gasteiger partial charge in [-0.25, -0.2) is 0 Å². The molecular formula is C10H14O. The van der Waals surface area contributed by atoms with Crippen LogP contribution in [0.1, 0.15) is 19.3 Å². The predicted octanol–water partition coefficient (Wildman–Crippen LogP) is 1.89. The SMILES string of the molecule is OC1CCC(C2C=CC=C2)C1. The molecule has 1 heteroatoms. The van der Waals surface area contributed by atoms with Crippen molar-refractivity contribution < 1.29 is 5.11 Å². The largest absolute Gasteiger partial charge is 0.393 e. The first kappa shape index (κ1) is 7.11. The smallest absolute Gasteiger partial charge is 0.0543 e. The van der Waals surface area contributed by atoms with Gasteiger partial charge in [-0.15, -0.1) is 0 Å². The Hall–Kier alpha value is -0.560. The number of aliphatic hydroxyl groups is 1. The first-order valence-electron chi connectivity index (χ1n) is 4.39. The summed E-state index contributed by atoms with van der Waals surface area (Å²) in [5.74, 6) is 1.33. The molecule has 0 heterocycles. The Labute approximate surface area is 67.4 Å². The van der Waals surface area contributed by atoms with Crippen LogP contribution in [0, 0.1) is 11.8 Å². The second-order valence-corrected chi connectivity index (χ2v) is 3.57. The molecule has 2 atom stereocenters. The Bertz CT molecular complexity index is 181. The van der Waals surface area contributed by atoms with Gasteiger partial charge in [-0.1, -0.05) is 24.3 Å². The fraction of sp³-hybridized carbons (Fsp3) is 0.600. The van der Waals surface area contributed by atoms with Crippen LogP contribution in [-0.4, -0.2) is 11.2 Å². The van der Waals surface area contributed by atoms with Crippen LogP contribution in [0.15, 0.2) is 24.3 Å². The van der Waals surface area contributed by atoms with Crippen LogP contribution in [0.4, 0.5) is 0 Å². The van der Waals surface area contributed by atoms with Crippen molar-refractivity contribution in [2.45, 2.75) is 25.4 Å². The van der Waals surface area contributed by atoms with Gasteiger partial charge in [-0.2, -0.15) is 0 Å². The lowest BCUT2D eigenvalue weighted by atomic mass is 9.92. The van der Waals surface area contributed by atoms with Gasteiger partial charge in [0, 0.05) is 0 Å². The zero-order valence-electron chi connectivity index (χ0n) is 6.61. The van der Waals surface area contributed by atoms with Crippen LogP contribution in [0.3, 0.4) is 0 Å². The van der Waals surface area contributed by atoms with E-state index in [1.807, 2.05) is 0 Å². The summed E-state index contributed by atoms with van der Waals surface area (Å²) in [6, 6.07) is 0. The van der Waals surface area contributed by atoms with Crippen LogP contribution in [0.2, 0.25) is 0 Å². The standard InChI is InChI=1S/C10H14O/c11-10-6-5-9(7-10)8-3-1-2-4-8/h1-4,8-11H,5-7H2. The lowest BCUT2D eigenvalue weighted by Crippen LogP contribution is -2.07. The summed E-state index contributed by atoms with van der Waals surface area (Å²) in [7, 11) is 0. The molecule has 2 aliphatic rings. The molecule has 1 fully saturated rings. The minimum Gasteiger partial charge on any atom is -0.393 e. The highest BCUT2D eigenvalue weighted by Crippen LogP contribution is 2.34. The Morgan fingerprint density at radius 1 is 1.09 bits per heavy atom. The summed E-state index contributed by atoms with van der Waals surface area (Å²) in [5, 5.41) is 9.31. The van der Waals surface area contributed by atoms with E-state index in [0.29, 0.717) is 11.8 Å². The van der Waals surface area contributed by atoms with Gasteiger partial charge in [-0.3, -0.25) is 0 Å². The van der Waals surface area contributed by atoms with E-state index in [1.165, 1.54) is 6.42 Å². The van der Waals surface area contributed by atoms with Crippen molar-refractivity contribution in [3.8, 4) is 0 Å². The molecule has 2 rings (SSSR count). The van der Waals surface area contributed by atoms with E-state index in [1.54, 1.807) is 0 Å². The van der Waals surface area contributed by atoms with Gasteiger partial charge >= 0.3 is 0 Å². The average molecular weight is 150 g/mol. The maximum absolute atomic E-state index is 9.31. The van der Waals surface area contributed by atoms with Crippen molar-refractivity contribution in [3.63, 3.8) is 0 Å². The first-order valence-corrected chi connectivity index (χ1v) is 4.39. The van der Waals surface area contributed by atoms with E-state index in [-0.39, 0.29) is 6.10 Å². The average Bonchev–Trinajstić information content (AvgIpc) is 2.55. The topological polar surface area (TPSA) is 20.2 Å². The minimum absolute atomic E-state index is 0.0256. The molecule has 0 aromatic rings. The first-order chi connectivity index (χ1) is 5.36. The molecule has 0 radical (unpaired) electrons. The van der Waals surface area contributed by atoms with Crippen LogP contribution in [0.5, 0.6) is 0 Å². The predicted molar refractivity (Wildman–Crippen MR) is 45.1 cm³/mol. The van der Waals surface area contributed by atoms with E-state index in [9.17, 15) is 5.11 Å². The molecule has 2 aliphatic carbocycles. The molecule has 1 nitrogen and oxygen atoms in total. The zero-order chi connectivity index (χ0) is 7.68. The van der Waals surface area contributed by atoms with Gasteiger partial charge in [0.1, 0.15) is 0 Å². The Kier molecular flexibility index (Phi) is 1.82. The van der Waals surface area contributed by atoms with Crippen LogP contribution < -0.4 is 0 Å². The zero-order valence-corrected chi connectivity index (χ0v) is 6.61. The van der Waals surface area contributed by atoms with Crippen LogP contribution >= 0.6 is 0 Å². The summed E-state index contributed by atoms with van der Waals surface area (Å²) < 4.78 is 0. The lowest BCUT2D eigenvalue weighted by molar-refractivity contribution is 0.175. The third kappa shape index (κ3) is 1.38. The highest BCUT2D eigenvalue weighted by molar-refractivity contribution is 5.19. The summed E-state index contributed by atoms with van der Waals surface area (Å²) in [6.07, 6.45) is 11.9. The summed E-state index contributed by atoms with van der Waals surface area (Å²) >= 11 is 0. The van der Waals surface area contributed by atoms with Crippen molar-refractivity contribution in [2.75, 3.05) is 0 Å². The maximum Gasteiger partial charge on any atom is 0.0543 e. The molecule has 0 spiro atoms. The van der Waals surface area contributed by atoms with Gasteiger partial charge in [0.2, 0.25) is 0 Å². The highest BCUT2D eigenvalue weighted by atomic mass is 16.3. The minimum atomic E-state index is -0.0256. The number of aliphatic hydroxyl groups excluding tert-OH is 1. The molecule has 0 bridgehead atoms. The monoisotopic (exact) mass is 150 g/mol. The fourth-order valence-electron chi connectivity index (χ4n) is 2.10. The third-order valence-electron chi connectivity index (χ3n) is 2.77. The number of rotatable bonds is 1. The maximum atomic E-state index is 9.31. The van der Waals surface area contributed by atoms with Gasteiger partial charge in [0.15, 0.2) is 0 Å². The molecule has 0 aromatic heterocycles. The summed E-state index contributed by atoms with van der Waals surface area (Å²) in [5.41, 5.74) is 0. The Morgan fingerprint density at radius 3 is 2.36 bits per heavy atom. The lowest BCUT2D eigenvalue weighted by Gasteiger charge is -2.13. The molecule has 60 valence electrons. The second-order valence-electron chi connectivity index (χ2n) is 3.57. The summed E-state index contributed by atoms with van der Waals surface area (Å²) in [4.78, 5) is 0. The molecule has 0 saturated heterocycles. The highest BCUT2D eigenvalue weighted by Gasteiger charge is 2.27. The quantitative estimate of drug-likeness (QED) is 0.605. The van der Waals surface area contributed by atoms with Crippen molar-refractivity contribution >= 4 is 0 Å². The van der Waals surface area contributed by atoms with E-state index >= 15 is 0 Å². The fourth-order valence-corrected chi connectivity index (χ4v) is 2.10. The Balaban J connectivity index is 1.96. The molecule has 11 heavy (non-hydrogen) atoms. The van der Waals surface area contributed by atoms with Crippen molar-refractivity contribution in [1.82, 2.24) is 0 Å². The molecular weight excluding hydrogens is 136 g/mol. The van der Waals surface area contributed by atoms with Crippen LogP contribution in [-0.2, 0) is 0 Å². The number of hydrogen-bond acceptors (Lipinski definition) is 1. The number of allylic oxidation sites excluding steroid dienone is 4. The summed E-state index contributed by atoms with van der Waals surface area (Å²) in [6.45, 7) is 0. The number of hydrogen-bond donors (Lipinski definition) is 1. The van der Waals surface area contributed by atoms with E-state index in [2.05, 4.69) is 24.3 Å². The molecule has 1 N–H and O–H groups in total. The normalized spacial score (nSPS) is 37.2. The van der Waals surface area contributed by atoms with Gasteiger partial charge in [0.25, 0.3) is 0 Å². The van der Waals surface area contributed by atoms with Crippen LogP contribution in [0.25, 0.3) is 0 Å². The van der Waals surface area contributed by atoms with Crippen molar-refractivity contribution in [1.29, 1.82) is 0 Å². The molecule has 0 aliphatic heterocycles. The molecule has 0 aromatic carbocycles. The van der Waals surface area contributed by atoms with E-state index < -0.39 is 0 Å². The second kappa shape index (κ2) is 2.82. The van der Waals surface area contributed by atoms with Gasteiger partial charge in [-0.05, 0) is 31.1 Å². The Morgan fingerprint density at radius 2 is 1.82 bits per heavy atom. The van der Waals surface area contributed by atoms with Crippen molar-refractivity contribution in [3.05, 3.63) is 24.3 Å². The molecule has 2 unspecified atom stereocenters. The van der Waals surface area contributed by atoms with E-state index in [4.69, 9.17) is 0 Å². The third-order valence-corrected chi connectivity index (χ3v) is 2.77. The van der Waals surface area contributed by atoms with Crippen molar-refractivity contribution in [2.24, 2.45) is 11.8 Å². The van der Waals surface area contributed by atoms with Gasteiger partial charge in [0.05, 0.1) is 6.10 Å². The molecule has 1 saturated carbocycles. The van der Waals surface area contributed by atoms with Gasteiger partial charge < -0.3 is 5.11 Å².